The van der Waals surface area contributed by atoms with E-state index in [1.54, 1.807) is 24.3 Å². The Kier molecular flexibility index (Phi) is 8.34. The van der Waals surface area contributed by atoms with E-state index in [1.807, 2.05) is 38.1 Å². The Hall–Kier alpha value is -3.02. The van der Waals surface area contributed by atoms with E-state index < -0.39 is 0 Å². The van der Waals surface area contributed by atoms with E-state index in [-0.39, 0.29) is 18.0 Å². The highest BCUT2D eigenvalue weighted by atomic mass is 16.5. The number of ether oxygens (including phenoxy) is 1. The lowest BCUT2D eigenvalue weighted by Gasteiger charge is -2.11. The van der Waals surface area contributed by atoms with Crippen LogP contribution in [0.15, 0.2) is 48.5 Å². The molecule has 0 saturated heterocycles. The van der Waals surface area contributed by atoms with Gasteiger partial charge in [0.05, 0.1) is 6.61 Å². The fraction of sp³-hybridized carbons (Fsp3) is 0.364. The summed E-state index contributed by atoms with van der Waals surface area (Å²) in [5, 5.41) is 8.38. The van der Waals surface area contributed by atoms with Crippen LogP contribution in [0, 0.1) is 0 Å². The Balaban J connectivity index is 1.86. The monoisotopic (exact) mass is 383 g/mol. The average molecular weight is 383 g/mol. The molecule has 0 spiro atoms. The van der Waals surface area contributed by atoms with Gasteiger partial charge in [-0.2, -0.15) is 0 Å². The molecule has 3 N–H and O–H groups in total. The predicted molar refractivity (Wildman–Crippen MR) is 112 cm³/mol. The highest BCUT2D eigenvalue weighted by molar-refractivity contribution is 5.95. The molecule has 6 nitrogen and oxygen atoms in total. The number of hydrogen-bond donors (Lipinski definition) is 3. The fourth-order valence-corrected chi connectivity index (χ4v) is 2.50. The molecule has 0 radical (unpaired) electrons. The van der Waals surface area contributed by atoms with Gasteiger partial charge in [0.2, 0.25) is 0 Å². The second-order valence-electron chi connectivity index (χ2n) is 6.86. The summed E-state index contributed by atoms with van der Waals surface area (Å²) in [5.41, 5.74) is 2.14. The molecule has 0 unspecified atom stereocenters. The minimum absolute atomic E-state index is 0.0561. The molecule has 0 aliphatic heterocycles. The van der Waals surface area contributed by atoms with Gasteiger partial charge in [-0.25, -0.2) is 4.79 Å². The van der Waals surface area contributed by atoms with Gasteiger partial charge in [-0.1, -0.05) is 25.5 Å². The van der Waals surface area contributed by atoms with Gasteiger partial charge in [0.1, 0.15) is 5.75 Å². The minimum Gasteiger partial charge on any atom is -0.494 e. The Morgan fingerprint density at radius 1 is 1.07 bits per heavy atom. The molecule has 0 bridgehead atoms. The lowest BCUT2D eigenvalue weighted by atomic mass is 10.1. The number of benzene rings is 2. The summed E-state index contributed by atoms with van der Waals surface area (Å²) in [6, 6.07) is 14.3. The molecular weight excluding hydrogens is 354 g/mol. The van der Waals surface area contributed by atoms with E-state index in [0.29, 0.717) is 24.4 Å². The largest absolute Gasteiger partial charge is 0.494 e. The van der Waals surface area contributed by atoms with E-state index in [2.05, 4.69) is 22.9 Å². The maximum atomic E-state index is 12.4. The Bertz CT molecular complexity index is 773. The number of carbonyl (C=O) groups excluding carboxylic acids is 2. The maximum Gasteiger partial charge on any atom is 0.319 e. The van der Waals surface area contributed by atoms with Crippen LogP contribution in [0.1, 0.15) is 49.5 Å². The number of nitrogens with one attached hydrogen (secondary N) is 3. The van der Waals surface area contributed by atoms with E-state index >= 15 is 0 Å². The average Bonchev–Trinajstić information content (AvgIpc) is 2.66. The minimum atomic E-state index is -0.270. The normalized spacial score (nSPS) is 10.4. The highest BCUT2D eigenvalue weighted by Gasteiger charge is 2.07. The molecule has 0 aliphatic rings. The van der Waals surface area contributed by atoms with Crippen LogP contribution in [0.2, 0.25) is 0 Å². The molecule has 0 fully saturated rings. The molecule has 0 aliphatic carbocycles. The third kappa shape index (κ3) is 7.31. The summed E-state index contributed by atoms with van der Waals surface area (Å²) in [7, 11) is 0. The molecule has 150 valence electrons. The van der Waals surface area contributed by atoms with E-state index in [4.69, 9.17) is 4.74 Å². The Labute approximate surface area is 166 Å². The van der Waals surface area contributed by atoms with Gasteiger partial charge >= 0.3 is 6.03 Å². The summed E-state index contributed by atoms with van der Waals surface area (Å²) in [5.74, 6) is 0.644. The zero-order valence-corrected chi connectivity index (χ0v) is 16.7. The Morgan fingerprint density at radius 2 is 1.82 bits per heavy atom. The topological polar surface area (TPSA) is 79.5 Å². The third-order valence-electron chi connectivity index (χ3n) is 3.94. The van der Waals surface area contributed by atoms with E-state index in [1.165, 1.54) is 0 Å². The zero-order chi connectivity index (χ0) is 20.4. The lowest BCUT2D eigenvalue weighted by Crippen LogP contribution is -2.34. The molecule has 2 rings (SSSR count). The third-order valence-corrected chi connectivity index (χ3v) is 3.94. The summed E-state index contributed by atoms with van der Waals surface area (Å²) in [4.78, 5) is 24.1. The maximum absolute atomic E-state index is 12.4. The van der Waals surface area contributed by atoms with Gasteiger partial charge in [-0.3, -0.25) is 4.79 Å². The van der Waals surface area contributed by atoms with Gasteiger partial charge in [-0.05, 0) is 62.2 Å². The summed E-state index contributed by atoms with van der Waals surface area (Å²) < 4.78 is 5.69. The predicted octanol–water partition coefficient (Wildman–Crippen LogP) is 4.33. The van der Waals surface area contributed by atoms with Crippen LogP contribution >= 0.6 is 0 Å². The van der Waals surface area contributed by atoms with Crippen molar-refractivity contribution < 1.29 is 14.3 Å². The van der Waals surface area contributed by atoms with Crippen molar-refractivity contribution in [3.63, 3.8) is 0 Å². The van der Waals surface area contributed by atoms with Crippen molar-refractivity contribution in [2.45, 2.75) is 46.2 Å². The molecule has 2 aromatic rings. The van der Waals surface area contributed by atoms with Crippen molar-refractivity contribution in [3.8, 4) is 5.75 Å². The summed E-state index contributed by atoms with van der Waals surface area (Å²) in [6.07, 6.45) is 2.11. The fourth-order valence-electron chi connectivity index (χ4n) is 2.50. The molecule has 2 aromatic carbocycles. The summed E-state index contributed by atoms with van der Waals surface area (Å²) in [6.45, 7) is 7.01. The van der Waals surface area contributed by atoms with Crippen molar-refractivity contribution in [2.24, 2.45) is 0 Å². The number of rotatable bonds is 9. The van der Waals surface area contributed by atoms with Crippen molar-refractivity contribution in [1.29, 1.82) is 0 Å². The number of anilines is 1. The number of unbranched alkanes of at least 4 members (excludes halogenated alkanes) is 1. The van der Waals surface area contributed by atoms with Gasteiger partial charge in [0, 0.05) is 23.8 Å². The zero-order valence-electron chi connectivity index (χ0n) is 16.7. The molecule has 0 heterocycles. The van der Waals surface area contributed by atoms with Crippen LogP contribution in [-0.4, -0.2) is 24.6 Å². The van der Waals surface area contributed by atoms with Crippen LogP contribution in [0.3, 0.4) is 0 Å². The van der Waals surface area contributed by atoms with Gasteiger partial charge in [-0.15, -0.1) is 0 Å². The SMILES string of the molecule is CCCCOc1cccc(CNC(=O)c2ccc(NC(=O)NC(C)C)cc2)c1. The number of amides is 3. The number of hydrogen-bond acceptors (Lipinski definition) is 3. The smallest absolute Gasteiger partial charge is 0.319 e. The lowest BCUT2D eigenvalue weighted by molar-refractivity contribution is 0.0951. The van der Waals surface area contributed by atoms with Gasteiger partial charge in [0.15, 0.2) is 0 Å². The molecule has 28 heavy (non-hydrogen) atoms. The van der Waals surface area contributed by atoms with Crippen molar-refractivity contribution in [1.82, 2.24) is 10.6 Å². The van der Waals surface area contributed by atoms with Crippen LogP contribution in [0.5, 0.6) is 5.75 Å². The molecule has 0 aromatic heterocycles. The summed E-state index contributed by atoms with van der Waals surface area (Å²) >= 11 is 0. The molecule has 3 amide bonds. The molecule has 6 heteroatoms. The number of urea groups is 1. The van der Waals surface area contributed by atoms with Crippen LogP contribution in [0.25, 0.3) is 0 Å². The van der Waals surface area contributed by atoms with Crippen LogP contribution in [0.4, 0.5) is 10.5 Å². The van der Waals surface area contributed by atoms with E-state index in [9.17, 15) is 9.59 Å². The Morgan fingerprint density at radius 3 is 2.50 bits per heavy atom. The quantitative estimate of drug-likeness (QED) is 0.564. The van der Waals surface area contributed by atoms with Crippen molar-refractivity contribution in [2.75, 3.05) is 11.9 Å². The first-order chi connectivity index (χ1) is 13.5. The first-order valence-electron chi connectivity index (χ1n) is 9.65. The van der Waals surface area contributed by atoms with Crippen LogP contribution in [-0.2, 0) is 6.54 Å². The second-order valence-corrected chi connectivity index (χ2v) is 6.86. The first kappa shape index (κ1) is 21.3. The highest BCUT2D eigenvalue weighted by Crippen LogP contribution is 2.14. The molecule has 0 atom stereocenters. The van der Waals surface area contributed by atoms with Crippen LogP contribution < -0.4 is 20.7 Å². The van der Waals surface area contributed by atoms with Gasteiger partial charge in [0.25, 0.3) is 5.91 Å². The van der Waals surface area contributed by atoms with Crippen molar-refractivity contribution in [3.05, 3.63) is 59.7 Å². The standard InChI is InChI=1S/C22H29N3O3/c1-4-5-13-28-20-8-6-7-17(14-20)15-23-21(26)18-9-11-19(12-10-18)25-22(27)24-16(2)3/h6-12,14,16H,4-5,13,15H2,1-3H3,(H,23,26)(H2,24,25,27). The van der Waals surface area contributed by atoms with Gasteiger partial charge < -0.3 is 20.7 Å². The number of carbonyl (C=O) groups is 2. The van der Waals surface area contributed by atoms with Crippen molar-refractivity contribution >= 4 is 17.6 Å². The molecular formula is C22H29N3O3. The second kappa shape index (κ2) is 11.0. The molecule has 0 saturated carbocycles. The first-order valence-corrected chi connectivity index (χ1v) is 9.65. The van der Waals surface area contributed by atoms with E-state index in [0.717, 1.165) is 24.2 Å².